The van der Waals surface area contributed by atoms with Crippen LogP contribution in [0, 0.1) is 0 Å². The molecule has 1 N–H and O–H groups in total. The van der Waals surface area contributed by atoms with Crippen LogP contribution in [0.5, 0.6) is 0 Å². The molecule has 0 unspecified atom stereocenters. The van der Waals surface area contributed by atoms with Gasteiger partial charge in [-0.1, -0.05) is 19.4 Å². The van der Waals surface area contributed by atoms with E-state index in [0.717, 1.165) is 30.7 Å². The molecular weight excluding hydrogens is 252 g/mol. The van der Waals surface area contributed by atoms with Crippen LogP contribution >= 0.6 is 0 Å². The highest BCUT2D eigenvalue weighted by molar-refractivity contribution is 5.18. The quantitative estimate of drug-likeness (QED) is 0.878. The molecule has 0 saturated heterocycles. The minimum atomic E-state index is -0.932. The van der Waals surface area contributed by atoms with Gasteiger partial charge in [-0.05, 0) is 32.4 Å². The zero-order valence-electron chi connectivity index (χ0n) is 12.4. The van der Waals surface area contributed by atoms with Crippen LogP contribution < -0.4 is 0 Å². The van der Waals surface area contributed by atoms with Gasteiger partial charge in [0.2, 0.25) is 0 Å². The van der Waals surface area contributed by atoms with E-state index in [-0.39, 0.29) is 0 Å². The lowest BCUT2D eigenvalue weighted by atomic mass is 10.0. The van der Waals surface area contributed by atoms with Gasteiger partial charge >= 0.3 is 0 Å². The van der Waals surface area contributed by atoms with Gasteiger partial charge in [0.1, 0.15) is 11.4 Å². The van der Waals surface area contributed by atoms with Crippen LogP contribution in [0.1, 0.15) is 56.7 Å². The second kappa shape index (κ2) is 6.18. The van der Waals surface area contributed by atoms with Gasteiger partial charge in [0.25, 0.3) is 0 Å². The number of aromatic nitrogens is 2. The Hall–Kier alpha value is -1.68. The topological polar surface area (TPSA) is 59.2 Å². The summed E-state index contributed by atoms with van der Waals surface area (Å²) in [4.78, 5) is 8.75. The first kappa shape index (κ1) is 14.7. The molecule has 2 aromatic rings. The third-order valence-electron chi connectivity index (χ3n) is 3.14. The molecule has 0 saturated carbocycles. The third-order valence-corrected chi connectivity index (χ3v) is 3.14. The first-order valence-corrected chi connectivity index (χ1v) is 7.11. The predicted octanol–water partition coefficient (Wildman–Crippen LogP) is 3.23. The summed E-state index contributed by atoms with van der Waals surface area (Å²) in [7, 11) is 0. The van der Waals surface area contributed by atoms with Gasteiger partial charge < -0.3 is 9.52 Å². The van der Waals surface area contributed by atoms with Crippen LogP contribution in [-0.2, 0) is 18.4 Å². The molecule has 2 rings (SSSR count). The fourth-order valence-corrected chi connectivity index (χ4v) is 1.97. The van der Waals surface area contributed by atoms with E-state index in [1.807, 2.05) is 18.2 Å². The Morgan fingerprint density at radius 2 is 2.10 bits per heavy atom. The van der Waals surface area contributed by atoms with Crippen molar-refractivity contribution in [3.63, 3.8) is 0 Å². The van der Waals surface area contributed by atoms with Crippen molar-refractivity contribution in [1.29, 1.82) is 0 Å². The normalized spacial score (nSPS) is 11.8. The number of pyridine rings is 1. The molecule has 4 heteroatoms. The maximum absolute atomic E-state index is 9.98. The summed E-state index contributed by atoms with van der Waals surface area (Å²) in [6.45, 7) is 5.61. The summed E-state index contributed by atoms with van der Waals surface area (Å²) in [6, 6.07) is 5.65. The lowest BCUT2D eigenvalue weighted by Crippen LogP contribution is -2.18. The maximum Gasteiger partial charge on any atom is 0.200 e. The third kappa shape index (κ3) is 3.90. The molecule has 0 aliphatic carbocycles. The van der Waals surface area contributed by atoms with Crippen LogP contribution in [0.3, 0.4) is 0 Å². The minimum Gasteiger partial charge on any atom is -0.445 e. The molecule has 0 aliphatic rings. The summed E-state index contributed by atoms with van der Waals surface area (Å²) < 4.78 is 5.70. The van der Waals surface area contributed by atoms with Gasteiger partial charge in [0.15, 0.2) is 5.89 Å². The van der Waals surface area contributed by atoms with E-state index in [4.69, 9.17) is 4.42 Å². The van der Waals surface area contributed by atoms with E-state index in [2.05, 4.69) is 16.9 Å². The average molecular weight is 274 g/mol. The summed E-state index contributed by atoms with van der Waals surface area (Å²) in [5.74, 6) is 1.61. The summed E-state index contributed by atoms with van der Waals surface area (Å²) >= 11 is 0. The Kier molecular flexibility index (Phi) is 4.55. The Bertz CT molecular complexity index is 556. The second-order valence-electron chi connectivity index (χ2n) is 5.57. The molecule has 0 aliphatic heterocycles. The number of rotatable bonds is 6. The fourth-order valence-electron chi connectivity index (χ4n) is 1.97. The Morgan fingerprint density at radius 3 is 2.80 bits per heavy atom. The van der Waals surface area contributed by atoms with Crippen LogP contribution in [0.4, 0.5) is 0 Å². The number of unbranched alkanes of at least 4 members (excludes halogenated alkanes) is 1. The van der Waals surface area contributed by atoms with E-state index in [9.17, 15) is 5.11 Å². The van der Waals surface area contributed by atoms with Gasteiger partial charge in [-0.15, -0.1) is 0 Å². The zero-order valence-corrected chi connectivity index (χ0v) is 12.4. The molecule has 0 bridgehead atoms. The van der Waals surface area contributed by atoms with Crippen LogP contribution in [0.2, 0.25) is 0 Å². The molecule has 20 heavy (non-hydrogen) atoms. The molecule has 2 aromatic heterocycles. The number of oxazole rings is 1. The number of hydrogen-bond donors (Lipinski definition) is 1. The van der Waals surface area contributed by atoms with Crippen molar-refractivity contribution >= 4 is 0 Å². The number of aryl methyl sites for hydroxylation is 1. The van der Waals surface area contributed by atoms with Gasteiger partial charge in [0.05, 0.1) is 24.0 Å². The van der Waals surface area contributed by atoms with Gasteiger partial charge in [-0.3, -0.25) is 4.98 Å². The monoisotopic (exact) mass is 274 g/mol. The van der Waals surface area contributed by atoms with E-state index >= 15 is 0 Å². The first-order valence-electron chi connectivity index (χ1n) is 7.11. The van der Waals surface area contributed by atoms with E-state index in [0.29, 0.717) is 18.0 Å². The second-order valence-corrected chi connectivity index (χ2v) is 5.57. The molecule has 0 amide bonds. The van der Waals surface area contributed by atoms with E-state index < -0.39 is 5.60 Å². The van der Waals surface area contributed by atoms with Crippen LogP contribution in [0.15, 0.2) is 28.8 Å². The maximum atomic E-state index is 9.98. The lowest BCUT2D eigenvalue weighted by molar-refractivity contribution is 0.0736. The largest absolute Gasteiger partial charge is 0.445 e. The molecule has 0 fully saturated rings. The van der Waals surface area contributed by atoms with E-state index in [1.165, 1.54) is 0 Å². The van der Waals surface area contributed by atoms with Crippen molar-refractivity contribution in [2.45, 2.75) is 52.1 Å². The van der Waals surface area contributed by atoms with Gasteiger partial charge in [-0.2, -0.15) is 0 Å². The summed E-state index contributed by atoms with van der Waals surface area (Å²) in [5.41, 5.74) is 0.583. The smallest absolute Gasteiger partial charge is 0.200 e. The molecule has 0 atom stereocenters. The van der Waals surface area contributed by atoms with Crippen molar-refractivity contribution in [3.05, 3.63) is 47.4 Å². The van der Waals surface area contributed by atoms with Crippen molar-refractivity contribution < 1.29 is 9.52 Å². The Morgan fingerprint density at radius 1 is 1.30 bits per heavy atom. The molecule has 0 aromatic carbocycles. The number of hydrogen-bond acceptors (Lipinski definition) is 4. The number of nitrogens with zero attached hydrogens (tertiary/aromatic N) is 2. The molecule has 2 heterocycles. The van der Waals surface area contributed by atoms with Crippen molar-refractivity contribution in [2.75, 3.05) is 0 Å². The lowest BCUT2D eigenvalue weighted by Gasteiger charge is -2.16. The highest BCUT2D eigenvalue weighted by Crippen LogP contribution is 2.18. The Labute approximate surface area is 119 Å². The molecule has 4 nitrogen and oxygen atoms in total. The molecular formula is C16H22N2O2. The van der Waals surface area contributed by atoms with Crippen molar-refractivity contribution in [2.24, 2.45) is 0 Å². The van der Waals surface area contributed by atoms with Crippen molar-refractivity contribution in [3.8, 4) is 0 Å². The zero-order chi connectivity index (χ0) is 14.6. The summed E-state index contributed by atoms with van der Waals surface area (Å²) in [6.07, 6.45) is 5.54. The highest BCUT2D eigenvalue weighted by atomic mass is 16.4. The van der Waals surface area contributed by atoms with Gasteiger partial charge in [0, 0.05) is 6.42 Å². The minimum absolute atomic E-state index is 0.552. The fraction of sp³-hybridized carbons (Fsp3) is 0.500. The average Bonchev–Trinajstić information content (AvgIpc) is 2.83. The molecule has 0 radical (unpaired) electrons. The molecule has 108 valence electrons. The van der Waals surface area contributed by atoms with Crippen molar-refractivity contribution in [1.82, 2.24) is 9.97 Å². The highest BCUT2D eigenvalue weighted by Gasteiger charge is 2.18. The first-order chi connectivity index (χ1) is 9.49. The standard InChI is InChI=1S/C16H22N2O2/c1-4-5-8-13-11-17-15(20-13)10-12-7-6-9-14(18-12)16(2,3)19/h6-7,9,11,19H,4-5,8,10H2,1-3H3. The van der Waals surface area contributed by atoms with Crippen LogP contribution in [0.25, 0.3) is 0 Å². The van der Waals surface area contributed by atoms with Gasteiger partial charge in [-0.25, -0.2) is 4.98 Å². The number of aliphatic hydroxyl groups is 1. The molecule has 0 spiro atoms. The Balaban J connectivity index is 2.08. The predicted molar refractivity (Wildman–Crippen MR) is 77.4 cm³/mol. The van der Waals surface area contributed by atoms with Crippen LogP contribution in [-0.4, -0.2) is 15.1 Å². The summed E-state index contributed by atoms with van der Waals surface area (Å²) in [5, 5.41) is 9.98. The SMILES string of the molecule is CCCCc1cnc(Cc2cccc(C(C)(C)O)n2)o1. The van der Waals surface area contributed by atoms with E-state index in [1.54, 1.807) is 20.0 Å².